The highest BCUT2D eigenvalue weighted by Gasteiger charge is 2.21. The zero-order valence-electron chi connectivity index (χ0n) is 15.6. The lowest BCUT2D eigenvalue weighted by atomic mass is 10.1. The van der Waals surface area contributed by atoms with Gasteiger partial charge in [-0.05, 0) is 47.5 Å². The molecule has 3 aromatic rings. The minimum absolute atomic E-state index is 0.0392. The van der Waals surface area contributed by atoms with Gasteiger partial charge in [-0.25, -0.2) is 0 Å². The van der Waals surface area contributed by atoms with Gasteiger partial charge in [0, 0.05) is 12.6 Å². The number of aromatic nitrogens is 4. The molecule has 1 aromatic carbocycles. The van der Waals surface area contributed by atoms with E-state index < -0.39 is 4.92 Å². The normalized spacial score (nSPS) is 10.9. The monoisotopic (exact) mass is 446 g/mol. The van der Waals surface area contributed by atoms with Gasteiger partial charge in [0.15, 0.2) is 0 Å². The van der Waals surface area contributed by atoms with Crippen LogP contribution in [-0.4, -0.2) is 30.4 Å². The smallest absolute Gasteiger partial charge is 0.312 e. The van der Waals surface area contributed by atoms with Gasteiger partial charge in [-0.3, -0.25) is 24.3 Å². The lowest BCUT2D eigenvalue weighted by Gasteiger charge is -2.08. The molecule has 0 aliphatic carbocycles. The summed E-state index contributed by atoms with van der Waals surface area (Å²) < 4.78 is 4.13. The molecule has 0 bridgehead atoms. The Labute approximate surface area is 169 Å². The summed E-state index contributed by atoms with van der Waals surface area (Å²) in [6.45, 7) is 4.05. The quantitative estimate of drug-likeness (QED) is 0.462. The Morgan fingerprint density at radius 3 is 2.50 bits per heavy atom. The number of nitrogens with zero attached hydrogens (tertiary/aromatic N) is 5. The molecule has 0 aliphatic heterocycles. The first kappa shape index (κ1) is 19.7. The van der Waals surface area contributed by atoms with Crippen molar-refractivity contribution in [1.29, 1.82) is 0 Å². The molecule has 0 saturated carbocycles. The Kier molecular flexibility index (Phi) is 5.59. The number of carbonyl (C=O) groups is 1. The second-order valence-electron chi connectivity index (χ2n) is 6.38. The van der Waals surface area contributed by atoms with Crippen LogP contribution in [0.2, 0.25) is 0 Å². The van der Waals surface area contributed by atoms with Crippen LogP contribution in [0.5, 0.6) is 0 Å². The molecule has 0 unspecified atom stereocenters. The highest BCUT2D eigenvalue weighted by Crippen LogP contribution is 2.22. The molecular formula is C18H19BrN6O3. The Bertz CT molecular complexity index is 1020. The van der Waals surface area contributed by atoms with Gasteiger partial charge in [-0.1, -0.05) is 12.1 Å². The first-order valence-electron chi connectivity index (χ1n) is 8.50. The highest BCUT2D eigenvalue weighted by molar-refractivity contribution is 9.10. The molecule has 2 aromatic heterocycles. The number of hydrogen-bond donors (Lipinski definition) is 1. The molecule has 0 fully saturated rings. The molecule has 0 spiro atoms. The van der Waals surface area contributed by atoms with Crippen LogP contribution < -0.4 is 5.32 Å². The summed E-state index contributed by atoms with van der Waals surface area (Å²) in [7, 11) is 1.81. The molecule has 2 heterocycles. The largest absolute Gasteiger partial charge is 0.346 e. The Morgan fingerprint density at radius 1 is 1.29 bits per heavy atom. The first-order valence-corrected chi connectivity index (χ1v) is 9.29. The van der Waals surface area contributed by atoms with Crippen molar-refractivity contribution in [3.05, 3.63) is 73.3 Å². The topological polar surface area (TPSA) is 108 Å². The number of carbonyl (C=O) groups excluding carboxylic acids is 1. The lowest BCUT2D eigenvalue weighted by molar-refractivity contribution is -0.386. The van der Waals surface area contributed by atoms with Crippen molar-refractivity contribution in [2.75, 3.05) is 0 Å². The first-order chi connectivity index (χ1) is 13.3. The second-order valence-corrected chi connectivity index (χ2v) is 7.23. The van der Waals surface area contributed by atoms with Gasteiger partial charge in [-0.15, -0.1) is 0 Å². The molecule has 1 N–H and O–H groups in total. The highest BCUT2D eigenvalue weighted by atomic mass is 79.9. The molecule has 0 radical (unpaired) electrons. The van der Waals surface area contributed by atoms with Crippen LogP contribution in [0.1, 0.15) is 33.0 Å². The molecule has 10 heteroatoms. The molecule has 146 valence electrons. The minimum atomic E-state index is -0.414. The Hall–Kier alpha value is -3.01. The van der Waals surface area contributed by atoms with Crippen molar-refractivity contribution in [1.82, 2.24) is 24.9 Å². The van der Waals surface area contributed by atoms with E-state index >= 15 is 0 Å². The fraction of sp³-hybridized carbons (Fsp3) is 0.278. The van der Waals surface area contributed by atoms with E-state index in [2.05, 4.69) is 31.4 Å². The van der Waals surface area contributed by atoms with Crippen molar-refractivity contribution in [2.45, 2.75) is 26.9 Å². The van der Waals surface area contributed by atoms with Crippen LogP contribution in [0.25, 0.3) is 0 Å². The molecule has 3 rings (SSSR count). The maximum absolute atomic E-state index is 12.4. The summed E-state index contributed by atoms with van der Waals surface area (Å²) >= 11 is 3.40. The van der Waals surface area contributed by atoms with Crippen LogP contribution in [0.15, 0.2) is 34.9 Å². The number of nitrogens with one attached hydrogen (secondary N) is 1. The summed E-state index contributed by atoms with van der Waals surface area (Å²) in [6.07, 6.45) is 1.68. The number of rotatable bonds is 6. The molecule has 1 amide bonds. The van der Waals surface area contributed by atoms with Crippen molar-refractivity contribution in [3.63, 3.8) is 0 Å². The van der Waals surface area contributed by atoms with Gasteiger partial charge >= 0.3 is 5.69 Å². The van der Waals surface area contributed by atoms with E-state index in [1.54, 1.807) is 41.5 Å². The van der Waals surface area contributed by atoms with Crippen molar-refractivity contribution in [2.24, 2.45) is 7.05 Å². The number of hydrogen-bond acceptors (Lipinski definition) is 5. The van der Waals surface area contributed by atoms with Crippen LogP contribution in [-0.2, 0) is 20.1 Å². The summed E-state index contributed by atoms with van der Waals surface area (Å²) in [4.78, 5) is 23.1. The van der Waals surface area contributed by atoms with Crippen LogP contribution in [0, 0.1) is 24.0 Å². The van der Waals surface area contributed by atoms with E-state index in [4.69, 9.17) is 0 Å². The second kappa shape index (κ2) is 7.93. The Morgan fingerprint density at radius 2 is 1.96 bits per heavy atom. The van der Waals surface area contributed by atoms with Gasteiger partial charge in [0.25, 0.3) is 5.91 Å². The van der Waals surface area contributed by atoms with Gasteiger partial charge in [0.1, 0.15) is 11.4 Å². The SMILES string of the molecule is Cc1nn(Cc2ccc(C(=O)NCc3c(Br)cnn3C)cc2)c(C)c1[N+](=O)[O-]. The molecule has 9 nitrogen and oxygen atoms in total. The third-order valence-corrected chi connectivity index (χ3v) is 5.16. The predicted octanol–water partition coefficient (Wildman–Crippen LogP) is 2.88. The number of aryl methyl sites for hydroxylation is 2. The zero-order valence-corrected chi connectivity index (χ0v) is 17.2. The van der Waals surface area contributed by atoms with E-state index in [-0.39, 0.29) is 11.6 Å². The lowest BCUT2D eigenvalue weighted by Crippen LogP contribution is -2.24. The van der Waals surface area contributed by atoms with E-state index in [0.29, 0.717) is 30.0 Å². The van der Waals surface area contributed by atoms with E-state index in [1.165, 1.54) is 0 Å². The standard InChI is InChI=1S/C18H19BrN6O3/c1-11-17(25(27)28)12(2)24(22-11)10-13-4-6-14(7-5-13)18(26)20-9-16-15(19)8-21-23(16)3/h4-8H,9-10H2,1-3H3,(H,20,26). The van der Waals surface area contributed by atoms with E-state index in [1.807, 2.05) is 19.2 Å². The minimum Gasteiger partial charge on any atom is -0.346 e. The fourth-order valence-corrected chi connectivity index (χ4v) is 3.43. The molecular weight excluding hydrogens is 428 g/mol. The summed E-state index contributed by atoms with van der Waals surface area (Å²) in [6, 6.07) is 7.08. The van der Waals surface area contributed by atoms with E-state index in [0.717, 1.165) is 15.7 Å². The number of halogens is 1. The average Bonchev–Trinajstić information content (AvgIpc) is 3.11. The van der Waals surface area contributed by atoms with Crippen LogP contribution in [0.3, 0.4) is 0 Å². The van der Waals surface area contributed by atoms with Crippen molar-refractivity contribution in [3.8, 4) is 0 Å². The predicted molar refractivity (Wildman–Crippen MR) is 106 cm³/mol. The van der Waals surface area contributed by atoms with Gasteiger partial charge < -0.3 is 5.32 Å². The number of nitro groups is 1. The van der Waals surface area contributed by atoms with Gasteiger partial charge in [-0.2, -0.15) is 10.2 Å². The fourth-order valence-electron chi connectivity index (χ4n) is 2.94. The summed E-state index contributed by atoms with van der Waals surface area (Å²) in [5.41, 5.74) is 3.23. The van der Waals surface area contributed by atoms with Crippen molar-refractivity contribution < 1.29 is 9.72 Å². The molecule has 0 atom stereocenters. The Balaban J connectivity index is 1.67. The molecule has 0 aliphatic rings. The van der Waals surface area contributed by atoms with E-state index in [9.17, 15) is 14.9 Å². The van der Waals surface area contributed by atoms with Crippen LogP contribution in [0.4, 0.5) is 5.69 Å². The molecule has 0 saturated heterocycles. The zero-order chi connectivity index (χ0) is 20.4. The summed E-state index contributed by atoms with van der Waals surface area (Å²) in [5, 5.41) is 22.3. The third-order valence-electron chi connectivity index (χ3n) is 4.50. The molecule has 28 heavy (non-hydrogen) atoms. The number of benzene rings is 1. The maximum Gasteiger partial charge on any atom is 0.312 e. The third kappa shape index (κ3) is 3.96. The number of amides is 1. The van der Waals surface area contributed by atoms with Gasteiger partial charge in [0.2, 0.25) is 0 Å². The maximum atomic E-state index is 12.4. The van der Waals surface area contributed by atoms with Crippen LogP contribution >= 0.6 is 15.9 Å². The average molecular weight is 447 g/mol. The van der Waals surface area contributed by atoms with Gasteiger partial charge in [0.05, 0.1) is 34.4 Å². The summed E-state index contributed by atoms with van der Waals surface area (Å²) in [5.74, 6) is -0.193. The van der Waals surface area contributed by atoms with Crippen molar-refractivity contribution >= 4 is 27.5 Å².